The molecule has 5 nitrogen and oxygen atoms in total. The number of nitrogens with one attached hydrogen (secondary N) is 2. The molecule has 3 rings (SSSR count). The lowest BCUT2D eigenvalue weighted by Gasteiger charge is -2.17. The van der Waals surface area contributed by atoms with Crippen molar-refractivity contribution in [1.29, 1.82) is 0 Å². The van der Waals surface area contributed by atoms with Gasteiger partial charge in [0.05, 0.1) is 17.1 Å². The number of carbonyl (C=O) groups is 2. The average molecular weight is 424 g/mol. The minimum absolute atomic E-state index is 0.0371. The van der Waals surface area contributed by atoms with Gasteiger partial charge in [0.25, 0.3) is 5.91 Å². The second-order valence-corrected chi connectivity index (χ2v) is 6.92. The Bertz CT molecular complexity index is 826. The fourth-order valence-electron chi connectivity index (χ4n) is 2.55. The molecule has 25 heavy (non-hydrogen) atoms. The van der Waals surface area contributed by atoms with E-state index in [2.05, 4.69) is 26.6 Å². The van der Waals surface area contributed by atoms with Crippen molar-refractivity contribution in [2.45, 2.75) is 12.8 Å². The summed E-state index contributed by atoms with van der Waals surface area (Å²) in [6.45, 7) is 0.692. The minimum atomic E-state index is -0.247. The molecule has 0 saturated heterocycles. The summed E-state index contributed by atoms with van der Waals surface area (Å²) in [5.74, 6) is 0.503. The van der Waals surface area contributed by atoms with Crippen LogP contribution in [0.1, 0.15) is 22.3 Å². The van der Waals surface area contributed by atoms with Crippen molar-refractivity contribution in [3.05, 3.63) is 57.0 Å². The van der Waals surface area contributed by atoms with Crippen molar-refractivity contribution in [3.63, 3.8) is 0 Å². The van der Waals surface area contributed by atoms with Crippen LogP contribution in [0.4, 0.5) is 5.69 Å². The maximum atomic E-state index is 12.1. The highest BCUT2D eigenvalue weighted by molar-refractivity contribution is 9.10. The Morgan fingerprint density at radius 1 is 1.24 bits per heavy atom. The highest BCUT2D eigenvalue weighted by Gasteiger charge is 2.15. The molecule has 0 fully saturated rings. The van der Waals surface area contributed by atoms with E-state index in [1.165, 1.54) is 0 Å². The normalized spacial score (nSPS) is 13.0. The predicted molar refractivity (Wildman–Crippen MR) is 100 cm³/mol. The zero-order valence-electron chi connectivity index (χ0n) is 13.3. The summed E-state index contributed by atoms with van der Waals surface area (Å²) in [5.41, 5.74) is 2.31. The molecule has 7 heteroatoms. The molecule has 1 heterocycles. The maximum absolute atomic E-state index is 12.1. The molecule has 2 amide bonds. The molecule has 0 saturated carbocycles. The molecule has 0 aliphatic carbocycles. The second-order valence-electron chi connectivity index (χ2n) is 5.60. The number of rotatable bonds is 5. The highest BCUT2D eigenvalue weighted by atomic mass is 79.9. The Morgan fingerprint density at radius 3 is 2.92 bits per heavy atom. The number of aryl methyl sites for hydroxylation is 1. The maximum Gasteiger partial charge on any atom is 0.252 e. The van der Waals surface area contributed by atoms with Crippen molar-refractivity contribution < 1.29 is 14.3 Å². The van der Waals surface area contributed by atoms with E-state index in [1.807, 2.05) is 12.1 Å². The van der Waals surface area contributed by atoms with Gasteiger partial charge in [-0.1, -0.05) is 27.5 Å². The average Bonchev–Trinajstić information content (AvgIpc) is 2.60. The predicted octanol–water partition coefficient (Wildman–Crippen LogP) is 3.80. The van der Waals surface area contributed by atoms with Crippen molar-refractivity contribution >= 4 is 45.0 Å². The van der Waals surface area contributed by atoms with Gasteiger partial charge in [0, 0.05) is 16.6 Å². The fourth-order valence-corrected chi connectivity index (χ4v) is 3.11. The van der Waals surface area contributed by atoms with E-state index < -0.39 is 0 Å². The first-order valence-corrected chi connectivity index (χ1v) is 8.99. The molecular weight excluding hydrogens is 408 g/mol. The van der Waals surface area contributed by atoms with E-state index in [-0.39, 0.29) is 11.8 Å². The summed E-state index contributed by atoms with van der Waals surface area (Å²) < 4.78 is 6.46. The van der Waals surface area contributed by atoms with E-state index in [0.29, 0.717) is 42.3 Å². The Balaban J connectivity index is 1.51. The Kier molecular flexibility index (Phi) is 5.60. The number of ether oxygens (including phenoxy) is 1. The number of halogens is 2. The summed E-state index contributed by atoms with van der Waals surface area (Å²) in [5, 5.41) is 6.01. The van der Waals surface area contributed by atoms with E-state index in [9.17, 15) is 9.59 Å². The van der Waals surface area contributed by atoms with Gasteiger partial charge in [-0.2, -0.15) is 0 Å². The van der Waals surface area contributed by atoms with Gasteiger partial charge in [0.2, 0.25) is 5.91 Å². The van der Waals surface area contributed by atoms with Gasteiger partial charge in [0.1, 0.15) is 12.4 Å². The second kappa shape index (κ2) is 7.89. The van der Waals surface area contributed by atoms with E-state index >= 15 is 0 Å². The highest BCUT2D eigenvalue weighted by Crippen LogP contribution is 2.26. The summed E-state index contributed by atoms with van der Waals surface area (Å²) in [6.07, 6.45) is 1.19. The van der Waals surface area contributed by atoms with Crippen LogP contribution in [0.3, 0.4) is 0 Å². The SMILES string of the molecule is O=C1CCc2cc(OCCNC(=O)c3cc(Br)ccc3Cl)ccc2N1. The molecule has 0 bridgehead atoms. The van der Waals surface area contributed by atoms with E-state index in [1.54, 1.807) is 24.3 Å². The standard InChI is InChI=1S/C18H16BrClN2O3/c19-12-2-4-15(20)14(10-12)18(24)21-7-8-25-13-3-5-16-11(9-13)1-6-17(23)22-16/h2-5,9-10H,1,6-8H2,(H,21,24)(H,22,23). The largest absolute Gasteiger partial charge is 0.492 e. The van der Waals surface area contributed by atoms with Crippen LogP contribution in [0.15, 0.2) is 40.9 Å². The fraction of sp³-hybridized carbons (Fsp3) is 0.222. The number of benzene rings is 2. The third-order valence-electron chi connectivity index (χ3n) is 3.80. The van der Waals surface area contributed by atoms with Gasteiger partial charge >= 0.3 is 0 Å². The lowest BCUT2D eigenvalue weighted by Crippen LogP contribution is -2.28. The molecule has 130 valence electrons. The number of fused-ring (bicyclic) bond motifs is 1. The number of anilines is 1. The lowest BCUT2D eigenvalue weighted by atomic mass is 10.0. The number of carbonyl (C=O) groups excluding carboxylic acids is 2. The first-order chi connectivity index (χ1) is 12.0. The van der Waals surface area contributed by atoms with Crippen LogP contribution < -0.4 is 15.4 Å². The molecule has 2 aromatic rings. The lowest BCUT2D eigenvalue weighted by molar-refractivity contribution is -0.116. The Labute approximate surface area is 158 Å². The topological polar surface area (TPSA) is 67.4 Å². The van der Waals surface area contributed by atoms with Gasteiger partial charge in [-0.25, -0.2) is 0 Å². The van der Waals surface area contributed by atoms with Gasteiger partial charge in [-0.05, 0) is 48.4 Å². The summed E-state index contributed by atoms with van der Waals surface area (Å²) in [6, 6.07) is 10.7. The molecule has 0 aromatic heterocycles. The molecule has 0 unspecified atom stereocenters. The van der Waals surface area contributed by atoms with Crippen LogP contribution in [0.25, 0.3) is 0 Å². The summed E-state index contributed by atoms with van der Waals surface area (Å²) >= 11 is 9.36. The van der Waals surface area contributed by atoms with Crippen LogP contribution in [0.5, 0.6) is 5.75 Å². The monoisotopic (exact) mass is 422 g/mol. The third kappa shape index (κ3) is 4.52. The van der Waals surface area contributed by atoms with Crippen molar-refractivity contribution in [2.24, 2.45) is 0 Å². The quantitative estimate of drug-likeness (QED) is 0.719. The van der Waals surface area contributed by atoms with E-state index in [0.717, 1.165) is 15.7 Å². The van der Waals surface area contributed by atoms with Crippen LogP contribution in [0, 0.1) is 0 Å². The third-order valence-corrected chi connectivity index (χ3v) is 4.62. The molecule has 0 radical (unpaired) electrons. The van der Waals surface area contributed by atoms with E-state index in [4.69, 9.17) is 16.3 Å². The molecule has 0 atom stereocenters. The Morgan fingerprint density at radius 2 is 2.08 bits per heavy atom. The Hall–Kier alpha value is -2.05. The van der Waals surface area contributed by atoms with Gasteiger partial charge < -0.3 is 15.4 Å². The van der Waals surface area contributed by atoms with Crippen LogP contribution in [-0.2, 0) is 11.2 Å². The van der Waals surface area contributed by atoms with Crippen molar-refractivity contribution in [3.8, 4) is 5.75 Å². The van der Waals surface area contributed by atoms with Gasteiger partial charge in [-0.15, -0.1) is 0 Å². The van der Waals surface area contributed by atoms with Crippen LogP contribution in [-0.4, -0.2) is 25.0 Å². The summed E-state index contributed by atoms with van der Waals surface area (Å²) in [7, 11) is 0. The zero-order chi connectivity index (χ0) is 17.8. The smallest absolute Gasteiger partial charge is 0.252 e. The number of hydrogen-bond donors (Lipinski definition) is 2. The van der Waals surface area contributed by atoms with Gasteiger partial charge in [0.15, 0.2) is 0 Å². The molecule has 1 aliphatic heterocycles. The molecular formula is C18H16BrClN2O3. The van der Waals surface area contributed by atoms with Crippen LogP contribution >= 0.6 is 27.5 Å². The van der Waals surface area contributed by atoms with Gasteiger partial charge in [-0.3, -0.25) is 9.59 Å². The first kappa shape index (κ1) is 17.8. The summed E-state index contributed by atoms with van der Waals surface area (Å²) in [4.78, 5) is 23.5. The minimum Gasteiger partial charge on any atom is -0.492 e. The number of amides is 2. The first-order valence-electron chi connectivity index (χ1n) is 7.82. The molecule has 0 spiro atoms. The zero-order valence-corrected chi connectivity index (χ0v) is 15.6. The molecule has 1 aliphatic rings. The van der Waals surface area contributed by atoms with Crippen molar-refractivity contribution in [1.82, 2.24) is 5.32 Å². The number of hydrogen-bond acceptors (Lipinski definition) is 3. The van der Waals surface area contributed by atoms with Crippen molar-refractivity contribution in [2.75, 3.05) is 18.5 Å². The van der Waals surface area contributed by atoms with Crippen LogP contribution in [0.2, 0.25) is 5.02 Å². The molecule has 2 N–H and O–H groups in total. The molecule has 2 aromatic carbocycles.